The number of aliphatic carboxylic acids is 1. The molecule has 0 atom stereocenters. The van der Waals surface area contributed by atoms with E-state index in [0.29, 0.717) is 12.8 Å². The largest absolute Gasteiger partial charge is 0.480 e. The predicted octanol–water partition coefficient (Wildman–Crippen LogP) is 2.01. The molecule has 1 fully saturated rings. The maximum Gasteiger partial charge on any atom is 0.324 e. The number of halogens is 1. The van der Waals surface area contributed by atoms with Crippen molar-refractivity contribution in [2.24, 2.45) is 0 Å². The minimum atomic E-state index is -0.932. The van der Waals surface area contributed by atoms with Crippen LogP contribution in [0.15, 0.2) is 0 Å². The number of carboxylic acid groups (broad SMARTS) is 1. The molecule has 0 radical (unpaired) electrons. The van der Waals surface area contributed by atoms with Crippen molar-refractivity contribution in [1.82, 2.24) is 0 Å². The standard InChI is InChI=1S/C7H11ClO2.Cd/c8-7(6(9)10)4-2-1-3-5-7;/h1-5H2,(H,9,10);. The van der Waals surface area contributed by atoms with E-state index in [9.17, 15) is 4.79 Å². The van der Waals surface area contributed by atoms with Gasteiger partial charge in [0.25, 0.3) is 0 Å². The van der Waals surface area contributed by atoms with Crippen LogP contribution >= 0.6 is 11.6 Å². The fourth-order valence-electron chi connectivity index (χ4n) is 1.33. The third-order valence-electron chi connectivity index (χ3n) is 2.03. The summed E-state index contributed by atoms with van der Waals surface area (Å²) >= 11 is 5.81. The minimum absolute atomic E-state index is 0. The quantitative estimate of drug-likeness (QED) is 0.587. The first-order chi connectivity index (χ1) is 4.65. The van der Waals surface area contributed by atoms with Crippen molar-refractivity contribution >= 4 is 17.6 Å². The maximum absolute atomic E-state index is 10.5. The first kappa shape index (κ1) is 11.7. The van der Waals surface area contributed by atoms with Crippen molar-refractivity contribution in [3.8, 4) is 0 Å². The Morgan fingerprint density at radius 2 is 1.73 bits per heavy atom. The fourth-order valence-corrected chi connectivity index (χ4v) is 1.59. The Morgan fingerprint density at radius 1 is 1.27 bits per heavy atom. The van der Waals surface area contributed by atoms with Gasteiger partial charge in [0, 0.05) is 27.3 Å². The first-order valence-corrected chi connectivity index (χ1v) is 3.95. The van der Waals surface area contributed by atoms with Crippen LogP contribution in [-0.4, -0.2) is 16.0 Å². The zero-order valence-corrected chi connectivity index (χ0v) is 11.3. The van der Waals surface area contributed by atoms with Gasteiger partial charge in [0.1, 0.15) is 4.87 Å². The molecule has 1 N–H and O–H groups in total. The van der Waals surface area contributed by atoms with Gasteiger partial charge in [-0.2, -0.15) is 0 Å². The van der Waals surface area contributed by atoms with E-state index in [2.05, 4.69) is 0 Å². The molecule has 0 amide bonds. The van der Waals surface area contributed by atoms with Gasteiger partial charge >= 0.3 is 5.97 Å². The summed E-state index contributed by atoms with van der Waals surface area (Å²) in [5.41, 5.74) is 0. The minimum Gasteiger partial charge on any atom is -0.480 e. The molecular weight excluding hydrogens is 264 g/mol. The number of hydrogen-bond acceptors (Lipinski definition) is 1. The van der Waals surface area contributed by atoms with Gasteiger partial charge in [-0.1, -0.05) is 19.3 Å². The monoisotopic (exact) mass is 276 g/mol. The van der Waals surface area contributed by atoms with Gasteiger partial charge in [0.2, 0.25) is 0 Å². The van der Waals surface area contributed by atoms with Crippen molar-refractivity contribution in [2.45, 2.75) is 37.0 Å². The fraction of sp³-hybridized carbons (Fsp3) is 0.857. The number of carbonyl (C=O) groups is 1. The van der Waals surface area contributed by atoms with E-state index < -0.39 is 10.8 Å². The van der Waals surface area contributed by atoms with Crippen LogP contribution in [0.25, 0.3) is 0 Å². The Labute approximate surface area is 91.5 Å². The van der Waals surface area contributed by atoms with E-state index in [4.69, 9.17) is 16.7 Å². The van der Waals surface area contributed by atoms with Gasteiger partial charge in [0.05, 0.1) is 0 Å². The topological polar surface area (TPSA) is 37.3 Å². The summed E-state index contributed by atoms with van der Waals surface area (Å²) in [6.07, 6.45) is 4.29. The molecule has 0 aromatic carbocycles. The summed E-state index contributed by atoms with van der Waals surface area (Å²) in [6, 6.07) is 0. The van der Waals surface area contributed by atoms with Gasteiger partial charge in [-0.15, -0.1) is 11.6 Å². The molecule has 0 aromatic heterocycles. The average Bonchev–Trinajstić information content (AvgIpc) is 1.89. The second-order valence-corrected chi connectivity index (χ2v) is 3.55. The second-order valence-electron chi connectivity index (χ2n) is 2.83. The maximum atomic E-state index is 10.5. The van der Waals surface area contributed by atoms with Gasteiger partial charge in [-0.05, 0) is 12.8 Å². The Kier molecular flexibility index (Phi) is 4.93. The normalized spacial score (nSPS) is 21.9. The zero-order valence-electron chi connectivity index (χ0n) is 6.48. The van der Waals surface area contributed by atoms with Crippen LogP contribution in [0.4, 0.5) is 0 Å². The Hall–Kier alpha value is 0.682. The van der Waals surface area contributed by atoms with Crippen LogP contribution in [0.5, 0.6) is 0 Å². The molecule has 1 rings (SSSR count). The van der Waals surface area contributed by atoms with Crippen LogP contribution in [-0.2, 0) is 32.1 Å². The molecule has 60 valence electrons. The first-order valence-electron chi connectivity index (χ1n) is 3.57. The van der Waals surface area contributed by atoms with Crippen molar-refractivity contribution in [3.63, 3.8) is 0 Å². The van der Waals surface area contributed by atoms with Crippen LogP contribution < -0.4 is 0 Å². The molecular formula is C7H11CdClO2. The molecule has 0 unspecified atom stereocenters. The summed E-state index contributed by atoms with van der Waals surface area (Å²) < 4.78 is 0. The molecule has 1 saturated carbocycles. The van der Waals surface area contributed by atoms with E-state index in [0.717, 1.165) is 19.3 Å². The number of rotatable bonds is 1. The molecule has 0 heterocycles. The summed E-state index contributed by atoms with van der Waals surface area (Å²) in [6.45, 7) is 0. The zero-order chi connectivity index (χ0) is 7.61. The molecule has 0 saturated heterocycles. The SMILES string of the molecule is O=C(O)C1(Cl)CCCCC1.[Cd]. The van der Waals surface area contributed by atoms with Gasteiger partial charge in [0.15, 0.2) is 0 Å². The predicted molar refractivity (Wildman–Crippen MR) is 39.3 cm³/mol. The van der Waals surface area contributed by atoms with Gasteiger partial charge < -0.3 is 5.11 Å². The van der Waals surface area contributed by atoms with Crippen molar-refractivity contribution in [3.05, 3.63) is 0 Å². The van der Waals surface area contributed by atoms with E-state index in [1.165, 1.54) is 0 Å². The molecule has 0 bridgehead atoms. The number of hydrogen-bond donors (Lipinski definition) is 1. The number of alkyl halides is 1. The molecule has 0 aliphatic heterocycles. The Bertz CT molecular complexity index is 143. The van der Waals surface area contributed by atoms with E-state index in [1.54, 1.807) is 0 Å². The molecule has 1 aliphatic rings. The molecule has 2 nitrogen and oxygen atoms in total. The van der Waals surface area contributed by atoms with Crippen LogP contribution in [0, 0.1) is 0 Å². The van der Waals surface area contributed by atoms with Crippen molar-refractivity contribution in [1.29, 1.82) is 0 Å². The summed E-state index contributed by atoms with van der Waals surface area (Å²) in [5, 5.41) is 8.67. The summed E-state index contributed by atoms with van der Waals surface area (Å²) in [5.74, 6) is -0.853. The molecule has 0 spiro atoms. The Morgan fingerprint density at radius 3 is 2.00 bits per heavy atom. The van der Waals surface area contributed by atoms with Crippen LogP contribution in [0.2, 0.25) is 0 Å². The molecule has 11 heavy (non-hydrogen) atoms. The third-order valence-corrected chi connectivity index (χ3v) is 2.57. The summed E-state index contributed by atoms with van der Waals surface area (Å²) in [7, 11) is 0. The van der Waals surface area contributed by atoms with E-state index in [-0.39, 0.29) is 27.3 Å². The van der Waals surface area contributed by atoms with Crippen LogP contribution in [0.1, 0.15) is 32.1 Å². The van der Waals surface area contributed by atoms with Crippen molar-refractivity contribution in [2.75, 3.05) is 0 Å². The van der Waals surface area contributed by atoms with Gasteiger partial charge in [-0.25, -0.2) is 0 Å². The summed E-state index contributed by atoms with van der Waals surface area (Å²) in [4.78, 5) is 9.61. The number of carboxylic acids is 1. The molecule has 4 heteroatoms. The van der Waals surface area contributed by atoms with E-state index in [1.807, 2.05) is 0 Å². The second kappa shape index (κ2) is 4.65. The molecule has 0 aromatic rings. The third kappa shape index (κ3) is 2.89. The molecule has 1 aliphatic carbocycles. The van der Waals surface area contributed by atoms with E-state index >= 15 is 0 Å². The van der Waals surface area contributed by atoms with Crippen molar-refractivity contribution < 1.29 is 37.2 Å². The van der Waals surface area contributed by atoms with Crippen LogP contribution in [0.3, 0.4) is 0 Å². The smallest absolute Gasteiger partial charge is 0.324 e. The van der Waals surface area contributed by atoms with Gasteiger partial charge in [-0.3, -0.25) is 4.79 Å². The average molecular weight is 275 g/mol. The Balaban J connectivity index is 0.000001000.